The highest BCUT2D eigenvalue weighted by Crippen LogP contribution is 2.18. The minimum absolute atomic E-state index is 0.0870. The molecule has 17 heavy (non-hydrogen) atoms. The Morgan fingerprint density at radius 2 is 1.94 bits per heavy atom. The summed E-state index contributed by atoms with van der Waals surface area (Å²) in [6, 6.07) is 6.57. The summed E-state index contributed by atoms with van der Waals surface area (Å²) in [6.45, 7) is 1.76. The van der Waals surface area contributed by atoms with Gasteiger partial charge in [0.15, 0.2) is 9.84 Å². The maximum absolute atomic E-state index is 11.3. The highest BCUT2D eigenvalue weighted by Gasteiger charge is 2.10. The quantitative estimate of drug-likeness (QED) is 0.476. The van der Waals surface area contributed by atoms with Crippen LogP contribution in [0.1, 0.15) is 24.9 Å². The van der Waals surface area contributed by atoms with E-state index in [2.05, 4.69) is 17.3 Å². The van der Waals surface area contributed by atoms with Crippen LogP contribution in [0.15, 0.2) is 29.2 Å². The maximum Gasteiger partial charge on any atom is 0.175 e. The number of benzene rings is 1. The number of rotatable bonds is 4. The summed E-state index contributed by atoms with van der Waals surface area (Å²) >= 11 is 0. The maximum atomic E-state index is 11.3. The topological polar surface area (TPSA) is 72.2 Å². The van der Waals surface area contributed by atoms with E-state index < -0.39 is 9.84 Å². The van der Waals surface area contributed by atoms with Gasteiger partial charge in [-0.15, -0.1) is 11.8 Å². The van der Waals surface area contributed by atoms with Crippen LogP contribution in [0.4, 0.5) is 0 Å². The lowest BCUT2D eigenvalue weighted by atomic mass is 10.1. The van der Waals surface area contributed by atoms with Gasteiger partial charge < -0.3 is 0 Å². The predicted molar refractivity (Wildman–Crippen MR) is 67.7 cm³/mol. The van der Waals surface area contributed by atoms with Gasteiger partial charge in [0.05, 0.1) is 10.9 Å². The molecule has 0 aliphatic carbocycles. The normalized spacial score (nSPS) is 12.6. The van der Waals surface area contributed by atoms with Crippen LogP contribution in [0.5, 0.6) is 0 Å². The Hall–Kier alpha value is -1.35. The fourth-order valence-corrected chi connectivity index (χ4v) is 2.05. The molecule has 0 saturated heterocycles. The Balaban J connectivity index is 2.95. The third kappa shape index (κ3) is 3.86. The first-order chi connectivity index (χ1) is 7.99. The lowest BCUT2D eigenvalue weighted by Crippen LogP contribution is -2.27. The molecule has 92 valence electrons. The van der Waals surface area contributed by atoms with E-state index in [1.165, 1.54) is 6.26 Å². The molecule has 0 saturated carbocycles. The van der Waals surface area contributed by atoms with Crippen LogP contribution in [0.25, 0.3) is 0 Å². The molecular formula is C12H16N2O2S. The van der Waals surface area contributed by atoms with Gasteiger partial charge in [-0.25, -0.2) is 8.42 Å². The molecule has 5 heteroatoms. The van der Waals surface area contributed by atoms with E-state index in [0.29, 0.717) is 11.3 Å². The summed E-state index contributed by atoms with van der Waals surface area (Å²) in [6.07, 6.45) is 1.77. The van der Waals surface area contributed by atoms with Crippen molar-refractivity contribution in [3.63, 3.8) is 0 Å². The van der Waals surface area contributed by atoms with Crippen molar-refractivity contribution in [1.29, 1.82) is 0 Å². The Kier molecular flexibility index (Phi) is 4.70. The zero-order chi connectivity index (χ0) is 12.9. The third-order valence-electron chi connectivity index (χ3n) is 2.39. The molecule has 1 atom stereocenters. The van der Waals surface area contributed by atoms with Gasteiger partial charge in [-0.05, 0) is 24.6 Å². The first-order valence-electron chi connectivity index (χ1n) is 5.14. The van der Waals surface area contributed by atoms with E-state index >= 15 is 0 Å². The van der Waals surface area contributed by atoms with Crippen molar-refractivity contribution in [2.24, 2.45) is 5.84 Å². The lowest BCUT2D eigenvalue weighted by Gasteiger charge is -2.13. The fourth-order valence-electron chi connectivity index (χ4n) is 1.42. The molecule has 3 N–H and O–H groups in total. The Labute approximate surface area is 102 Å². The molecule has 0 heterocycles. The number of sulfone groups is 1. The van der Waals surface area contributed by atoms with E-state index in [-0.39, 0.29) is 6.04 Å². The van der Waals surface area contributed by atoms with E-state index in [0.717, 1.165) is 5.56 Å². The molecular weight excluding hydrogens is 236 g/mol. The van der Waals surface area contributed by atoms with Gasteiger partial charge in [-0.1, -0.05) is 12.1 Å². The zero-order valence-electron chi connectivity index (χ0n) is 9.90. The van der Waals surface area contributed by atoms with Gasteiger partial charge in [0.2, 0.25) is 0 Å². The number of hydrogen-bond donors (Lipinski definition) is 2. The second kappa shape index (κ2) is 5.82. The molecule has 0 aliphatic heterocycles. The highest BCUT2D eigenvalue weighted by atomic mass is 32.2. The molecule has 1 aromatic rings. The molecule has 0 spiro atoms. The van der Waals surface area contributed by atoms with Crippen LogP contribution in [0.2, 0.25) is 0 Å². The van der Waals surface area contributed by atoms with Gasteiger partial charge in [0, 0.05) is 12.7 Å². The zero-order valence-corrected chi connectivity index (χ0v) is 10.7. The number of nitrogens with two attached hydrogens (primary N) is 1. The van der Waals surface area contributed by atoms with Gasteiger partial charge >= 0.3 is 0 Å². The number of hydrazine groups is 1. The van der Waals surface area contributed by atoms with Gasteiger partial charge in [-0.2, -0.15) is 0 Å². The van der Waals surface area contributed by atoms with Gasteiger partial charge in [0.25, 0.3) is 0 Å². The van der Waals surface area contributed by atoms with E-state index in [1.807, 2.05) is 0 Å². The summed E-state index contributed by atoms with van der Waals surface area (Å²) in [5, 5.41) is 0. The summed E-state index contributed by atoms with van der Waals surface area (Å²) < 4.78 is 22.6. The average Bonchev–Trinajstić information content (AvgIpc) is 2.29. The van der Waals surface area contributed by atoms with Gasteiger partial charge in [-0.3, -0.25) is 11.3 Å². The number of nitrogens with one attached hydrogen (secondary N) is 1. The van der Waals surface area contributed by atoms with Crippen LogP contribution < -0.4 is 11.3 Å². The van der Waals surface area contributed by atoms with E-state index in [1.54, 1.807) is 31.2 Å². The molecule has 0 fully saturated rings. The molecule has 0 bridgehead atoms. The summed E-state index contributed by atoms with van der Waals surface area (Å²) in [5.41, 5.74) is 3.58. The molecule has 1 rings (SSSR count). The number of hydrogen-bond acceptors (Lipinski definition) is 4. The van der Waals surface area contributed by atoms with Crippen LogP contribution in [0, 0.1) is 11.8 Å². The minimum Gasteiger partial charge on any atom is -0.271 e. The average molecular weight is 252 g/mol. The monoisotopic (exact) mass is 252 g/mol. The van der Waals surface area contributed by atoms with Gasteiger partial charge in [0.1, 0.15) is 0 Å². The minimum atomic E-state index is -3.15. The highest BCUT2D eigenvalue weighted by molar-refractivity contribution is 7.90. The summed E-state index contributed by atoms with van der Waals surface area (Å²) in [5.74, 6) is 11.2. The second-order valence-corrected chi connectivity index (χ2v) is 5.71. The molecule has 1 aromatic carbocycles. The molecule has 4 nitrogen and oxygen atoms in total. The molecule has 0 radical (unpaired) electrons. The first-order valence-corrected chi connectivity index (χ1v) is 7.04. The summed E-state index contributed by atoms with van der Waals surface area (Å²) in [4.78, 5) is 0.304. The predicted octanol–water partition coefficient (Wildman–Crippen LogP) is 1.01. The van der Waals surface area contributed by atoms with Crippen molar-refractivity contribution in [2.45, 2.75) is 24.3 Å². The first kappa shape index (κ1) is 13.7. The van der Waals surface area contributed by atoms with Crippen molar-refractivity contribution in [1.82, 2.24) is 5.43 Å². The smallest absolute Gasteiger partial charge is 0.175 e. The molecule has 0 aromatic heterocycles. The van der Waals surface area contributed by atoms with Crippen LogP contribution in [0.3, 0.4) is 0 Å². The van der Waals surface area contributed by atoms with Crippen LogP contribution >= 0.6 is 0 Å². The van der Waals surface area contributed by atoms with Crippen molar-refractivity contribution >= 4 is 9.84 Å². The molecule has 1 unspecified atom stereocenters. The van der Waals surface area contributed by atoms with E-state index in [4.69, 9.17) is 5.84 Å². The summed E-state index contributed by atoms with van der Waals surface area (Å²) in [7, 11) is -3.15. The largest absolute Gasteiger partial charge is 0.271 e. The van der Waals surface area contributed by atoms with Crippen LogP contribution in [-0.2, 0) is 9.84 Å². The fraction of sp³-hybridized carbons (Fsp3) is 0.333. The van der Waals surface area contributed by atoms with Crippen molar-refractivity contribution in [2.75, 3.05) is 6.26 Å². The second-order valence-electron chi connectivity index (χ2n) is 3.69. The lowest BCUT2D eigenvalue weighted by molar-refractivity contribution is 0.567. The van der Waals surface area contributed by atoms with Crippen molar-refractivity contribution < 1.29 is 8.42 Å². The Morgan fingerprint density at radius 3 is 2.35 bits per heavy atom. The van der Waals surface area contributed by atoms with Crippen molar-refractivity contribution in [3.8, 4) is 11.8 Å². The molecule has 0 amide bonds. The van der Waals surface area contributed by atoms with Crippen molar-refractivity contribution in [3.05, 3.63) is 29.8 Å². The SMILES string of the molecule is CC#CCC(NN)c1ccc(S(C)(=O)=O)cc1. The standard InChI is InChI=1S/C12H16N2O2S/c1-3-4-5-12(14-13)10-6-8-11(9-7-10)17(2,15)16/h6-9,12,14H,5,13H2,1-2H3. The van der Waals surface area contributed by atoms with E-state index in [9.17, 15) is 8.42 Å². The molecule has 0 aliphatic rings. The Bertz CT molecular complexity index is 524. The van der Waals surface area contributed by atoms with Crippen LogP contribution in [-0.4, -0.2) is 14.7 Å². The third-order valence-corrected chi connectivity index (χ3v) is 3.52. The Morgan fingerprint density at radius 1 is 1.35 bits per heavy atom.